The van der Waals surface area contributed by atoms with E-state index in [1.165, 1.54) is 18.2 Å². The Labute approximate surface area is 125 Å². The van der Waals surface area contributed by atoms with Gasteiger partial charge in [-0.25, -0.2) is 4.39 Å². The molecule has 0 saturated carbocycles. The summed E-state index contributed by atoms with van der Waals surface area (Å²) >= 11 is 3.82. The highest BCUT2D eigenvalue weighted by molar-refractivity contribution is 9.10. The Balaban J connectivity index is 2.23. The van der Waals surface area contributed by atoms with Crippen molar-refractivity contribution >= 4 is 43.9 Å². The van der Waals surface area contributed by atoms with E-state index in [1.54, 1.807) is 13.0 Å². The maximum Gasteiger partial charge on any atom is 0.324 e. The van der Waals surface area contributed by atoms with Crippen molar-refractivity contribution in [3.63, 3.8) is 0 Å². The van der Waals surface area contributed by atoms with E-state index in [0.29, 0.717) is 15.7 Å². The van der Waals surface area contributed by atoms with Gasteiger partial charge in [0.25, 0.3) is 5.91 Å². The lowest BCUT2D eigenvalue weighted by atomic mass is 10.2. The van der Waals surface area contributed by atoms with Crippen LogP contribution in [0, 0.1) is 22.9 Å². The molecule has 1 amide bonds. The molecule has 104 valence electrons. The van der Waals surface area contributed by atoms with Crippen molar-refractivity contribution in [2.24, 2.45) is 0 Å². The van der Waals surface area contributed by atoms with Crippen LogP contribution in [0.1, 0.15) is 15.2 Å². The summed E-state index contributed by atoms with van der Waals surface area (Å²) in [5, 5.41) is 13.0. The number of hydrogen-bond acceptors (Lipinski definition) is 4. The molecule has 0 saturated heterocycles. The van der Waals surface area contributed by atoms with E-state index in [-0.39, 0.29) is 9.88 Å². The molecule has 0 aliphatic rings. The maximum atomic E-state index is 13.4. The topological polar surface area (TPSA) is 72.2 Å². The number of carbonyl (C=O) groups is 1. The van der Waals surface area contributed by atoms with Gasteiger partial charge in [0.05, 0.1) is 14.3 Å². The molecule has 8 heteroatoms. The summed E-state index contributed by atoms with van der Waals surface area (Å²) in [5.74, 6) is -1.00. The van der Waals surface area contributed by atoms with Crippen molar-refractivity contribution in [2.45, 2.75) is 6.92 Å². The molecule has 2 rings (SSSR count). The first kappa shape index (κ1) is 14.6. The van der Waals surface area contributed by atoms with Crippen molar-refractivity contribution in [1.82, 2.24) is 0 Å². The van der Waals surface area contributed by atoms with Gasteiger partial charge in [0.15, 0.2) is 0 Å². The third kappa shape index (κ3) is 3.02. The first-order valence-electron chi connectivity index (χ1n) is 5.39. The van der Waals surface area contributed by atoms with Crippen LogP contribution in [0.15, 0.2) is 28.7 Å². The average Bonchev–Trinajstić information content (AvgIpc) is 2.85. The Morgan fingerprint density at radius 2 is 2.15 bits per heavy atom. The number of nitrogens with zero attached hydrogens (tertiary/aromatic N) is 1. The van der Waals surface area contributed by atoms with E-state index in [4.69, 9.17) is 0 Å². The molecule has 0 aliphatic heterocycles. The van der Waals surface area contributed by atoms with E-state index < -0.39 is 16.6 Å². The molecular weight excluding hydrogens is 351 g/mol. The zero-order valence-corrected chi connectivity index (χ0v) is 12.5. The van der Waals surface area contributed by atoms with Crippen molar-refractivity contribution in [1.29, 1.82) is 0 Å². The summed E-state index contributed by atoms with van der Waals surface area (Å²) in [5.41, 5.74) is 1.00. The fourth-order valence-electron chi connectivity index (χ4n) is 1.51. The van der Waals surface area contributed by atoms with Crippen LogP contribution in [0.5, 0.6) is 0 Å². The molecule has 1 aromatic carbocycles. The SMILES string of the molecule is Cc1cc(Br)c(F)cc1NC(=O)c1ccc([N+](=O)[O-])s1. The monoisotopic (exact) mass is 358 g/mol. The fraction of sp³-hybridized carbons (Fsp3) is 0.0833. The van der Waals surface area contributed by atoms with E-state index in [1.807, 2.05) is 0 Å². The van der Waals surface area contributed by atoms with Crippen LogP contribution in [-0.4, -0.2) is 10.8 Å². The molecular formula is C12H8BrFN2O3S. The second kappa shape index (κ2) is 5.68. The second-order valence-electron chi connectivity index (χ2n) is 3.93. The standard InChI is InChI=1S/C12H8BrFN2O3S/c1-6-4-7(13)8(14)5-9(6)15-12(17)10-2-3-11(20-10)16(18)19/h2-5H,1H3,(H,15,17). The van der Waals surface area contributed by atoms with Crippen LogP contribution in [0.2, 0.25) is 0 Å². The summed E-state index contributed by atoms with van der Waals surface area (Å²) in [7, 11) is 0. The van der Waals surface area contributed by atoms with Gasteiger partial charge in [-0.2, -0.15) is 0 Å². The van der Waals surface area contributed by atoms with Gasteiger partial charge in [-0.3, -0.25) is 14.9 Å². The fourth-order valence-corrected chi connectivity index (χ4v) is 2.69. The highest BCUT2D eigenvalue weighted by Crippen LogP contribution is 2.27. The van der Waals surface area contributed by atoms with Gasteiger partial charge >= 0.3 is 5.00 Å². The van der Waals surface area contributed by atoms with Gasteiger partial charge in [0.1, 0.15) is 5.82 Å². The number of amides is 1. The van der Waals surface area contributed by atoms with Crippen LogP contribution >= 0.6 is 27.3 Å². The Hall–Kier alpha value is -1.80. The largest absolute Gasteiger partial charge is 0.324 e. The minimum Gasteiger partial charge on any atom is -0.321 e. The number of carbonyl (C=O) groups excluding carboxylic acids is 1. The minimum absolute atomic E-state index is 0.117. The smallest absolute Gasteiger partial charge is 0.321 e. The molecule has 0 spiro atoms. The number of nitrogens with one attached hydrogen (secondary N) is 1. The first-order valence-corrected chi connectivity index (χ1v) is 7.00. The molecule has 1 heterocycles. The zero-order chi connectivity index (χ0) is 14.9. The Morgan fingerprint density at radius 3 is 2.75 bits per heavy atom. The van der Waals surface area contributed by atoms with Crippen LogP contribution in [0.4, 0.5) is 15.1 Å². The molecule has 1 aromatic heterocycles. The minimum atomic E-state index is -0.563. The zero-order valence-electron chi connectivity index (χ0n) is 10.1. The summed E-state index contributed by atoms with van der Waals surface area (Å²) < 4.78 is 13.7. The Bertz CT molecular complexity index is 702. The number of benzene rings is 1. The average molecular weight is 359 g/mol. The number of nitro groups is 1. The lowest BCUT2D eigenvalue weighted by Crippen LogP contribution is -2.11. The molecule has 1 N–H and O–H groups in total. The molecule has 0 aliphatic carbocycles. The van der Waals surface area contributed by atoms with Gasteiger partial charge in [-0.05, 0) is 46.6 Å². The van der Waals surface area contributed by atoms with Crippen LogP contribution in [0.3, 0.4) is 0 Å². The lowest BCUT2D eigenvalue weighted by Gasteiger charge is -2.08. The van der Waals surface area contributed by atoms with Crippen molar-refractivity contribution < 1.29 is 14.1 Å². The molecule has 20 heavy (non-hydrogen) atoms. The maximum absolute atomic E-state index is 13.4. The predicted molar refractivity (Wildman–Crippen MR) is 77.8 cm³/mol. The molecule has 5 nitrogen and oxygen atoms in total. The van der Waals surface area contributed by atoms with E-state index in [0.717, 1.165) is 11.3 Å². The first-order chi connectivity index (χ1) is 9.38. The molecule has 0 fully saturated rings. The quantitative estimate of drug-likeness (QED) is 0.662. The highest BCUT2D eigenvalue weighted by Gasteiger charge is 2.16. The lowest BCUT2D eigenvalue weighted by molar-refractivity contribution is -0.380. The Morgan fingerprint density at radius 1 is 1.45 bits per heavy atom. The summed E-state index contributed by atoms with van der Waals surface area (Å²) in [6.07, 6.45) is 0. The molecule has 2 aromatic rings. The van der Waals surface area contributed by atoms with Crippen LogP contribution in [-0.2, 0) is 0 Å². The second-order valence-corrected chi connectivity index (χ2v) is 5.85. The van der Waals surface area contributed by atoms with E-state index in [9.17, 15) is 19.3 Å². The van der Waals surface area contributed by atoms with Crippen LogP contribution < -0.4 is 5.32 Å². The number of thiophene rings is 1. The number of hydrogen-bond donors (Lipinski definition) is 1. The summed E-state index contributed by atoms with van der Waals surface area (Å²) in [6.45, 7) is 1.72. The molecule has 0 bridgehead atoms. The number of aryl methyl sites for hydroxylation is 1. The van der Waals surface area contributed by atoms with Crippen molar-refractivity contribution in [2.75, 3.05) is 5.32 Å². The Kier molecular flexibility index (Phi) is 4.15. The van der Waals surface area contributed by atoms with Gasteiger partial charge in [-0.1, -0.05) is 11.3 Å². The summed E-state index contributed by atoms with van der Waals surface area (Å²) in [4.78, 5) is 22.1. The van der Waals surface area contributed by atoms with Crippen molar-refractivity contribution in [3.8, 4) is 0 Å². The predicted octanol–water partition coefficient (Wildman–Crippen LogP) is 4.12. The molecule has 0 atom stereocenters. The van der Waals surface area contributed by atoms with Crippen molar-refractivity contribution in [3.05, 3.63) is 55.1 Å². The van der Waals surface area contributed by atoms with Gasteiger partial charge in [-0.15, -0.1) is 0 Å². The third-order valence-electron chi connectivity index (χ3n) is 2.51. The van der Waals surface area contributed by atoms with Gasteiger partial charge in [0, 0.05) is 11.8 Å². The summed E-state index contributed by atoms with van der Waals surface area (Å²) in [6, 6.07) is 5.36. The molecule has 0 radical (unpaired) electrons. The van der Waals surface area contributed by atoms with Gasteiger partial charge in [0.2, 0.25) is 0 Å². The third-order valence-corrected chi connectivity index (χ3v) is 4.15. The number of rotatable bonds is 3. The molecule has 0 unspecified atom stereocenters. The highest BCUT2D eigenvalue weighted by atomic mass is 79.9. The number of halogens is 2. The number of anilines is 1. The normalized spacial score (nSPS) is 10.3. The van der Waals surface area contributed by atoms with Crippen LogP contribution in [0.25, 0.3) is 0 Å². The van der Waals surface area contributed by atoms with Gasteiger partial charge < -0.3 is 5.32 Å². The van der Waals surface area contributed by atoms with E-state index >= 15 is 0 Å². The van der Waals surface area contributed by atoms with E-state index in [2.05, 4.69) is 21.2 Å².